The molecule has 1 aliphatic rings. The molecular formula is C20H29ClN6. The molecule has 3 rings (SSSR count). The lowest BCUT2D eigenvalue weighted by Crippen LogP contribution is -2.43. The van der Waals surface area contributed by atoms with Crippen LogP contribution in [0, 0.1) is 0 Å². The van der Waals surface area contributed by atoms with Gasteiger partial charge in [0.15, 0.2) is 5.96 Å². The zero-order valence-electron chi connectivity index (χ0n) is 16.2. The van der Waals surface area contributed by atoms with Gasteiger partial charge in [0.05, 0.1) is 12.6 Å². The van der Waals surface area contributed by atoms with Gasteiger partial charge in [-0.3, -0.25) is 4.99 Å². The van der Waals surface area contributed by atoms with E-state index in [0.717, 1.165) is 35.3 Å². The Hall–Kier alpha value is -2.08. The van der Waals surface area contributed by atoms with E-state index in [4.69, 9.17) is 16.6 Å². The van der Waals surface area contributed by atoms with Crippen LogP contribution in [0.2, 0.25) is 5.02 Å². The van der Waals surface area contributed by atoms with Gasteiger partial charge in [0.1, 0.15) is 12.2 Å². The summed E-state index contributed by atoms with van der Waals surface area (Å²) in [6, 6.07) is 8.59. The summed E-state index contributed by atoms with van der Waals surface area (Å²) in [6.07, 6.45) is 7.64. The number of rotatable bonds is 7. The third-order valence-electron chi connectivity index (χ3n) is 5.02. The van der Waals surface area contributed by atoms with E-state index in [1.807, 2.05) is 18.2 Å². The number of guanidine groups is 1. The topological polar surface area (TPSA) is 67.1 Å². The molecule has 146 valence electrons. The lowest BCUT2D eigenvalue weighted by Gasteiger charge is -2.22. The Morgan fingerprint density at radius 3 is 2.93 bits per heavy atom. The quantitative estimate of drug-likeness (QED) is 0.560. The number of nitrogens with one attached hydrogen (secondary N) is 2. The highest BCUT2D eigenvalue weighted by Crippen LogP contribution is 2.19. The van der Waals surface area contributed by atoms with E-state index in [1.54, 1.807) is 6.33 Å². The van der Waals surface area contributed by atoms with Crippen molar-refractivity contribution in [3.05, 3.63) is 47.0 Å². The molecular weight excluding hydrogens is 360 g/mol. The first-order valence-electron chi connectivity index (χ1n) is 9.85. The van der Waals surface area contributed by atoms with Gasteiger partial charge in [-0.1, -0.05) is 43.5 Å². The number of aromatic nitrogens is 3. The number of hydrogen-bond donors (Lipinski definition) is 2. The maximum Gasteiger partial charge on any atom is 0.192 e. The third kappa shape index (κ3) is 5.70. The van der Waals surface area contributed by atoms with Gasteiger partial charge in [-0.25, -0.2) is 0 Å². The van der Waals surface area contributed by atoms with Crippen LogP contribution in [0.1, 0.15) is 57.0 Å². The minimum absolute atomic E-state index is 0.123. The van der Waals surface area contributed by atoms with E-state index < -0.39 is 0 Å². The van der Waals surface area contributed by atoms with Crippen LogP contribution in [0.3, 0.4) is 0 Å². The molecule has 6 nitrogen and oxygen atoms in total. The van der Waals surface area contributed by atoms with Gasteiger partial charge in [0.25, 0.3) is 0 Å². The van der Waals surface area contributed by atoms with Crippen molar-refractivity contribution >= 4 is 17.6 Å². The van der Waals surface area contributed by atoms with E-state index in [0.29, 0.717) is 12.6 Å². The second-order valence-corrected chi connectivity index (χ2v) is 7.51. The van der Waals surface area contributed by atoms with E-state index in [-0.39, 0.29) is 6.04 Å². The molecule has 2 aromatic rings. The fourth-order valence-electron chi connectivity index (χ4n) is 3.47. The number of halogens is 1. The highest BCUT2D eigenvalue weighted by Gasteiger charge is 2.17. The van der Waals surface area contributed by atoms with Crippen LogP contribution in [-0.4, -0.2) is 33.3 Å². The van der Waals surface area contributed by atoms with Crippen LogP contribution in [0.4, 0.5) is 0 Å². The lowest BCUT2D eigenvalue weighted by molar-refractivity contribution is 0.589. The zero-order chi connectivity index (χ0) is 19.1. The molecule has 2 N–H and O–H groups in total. The largest absolute Gasteiger partial charge is 0.354 e. The fourth-order valence-corrected chi connectivity index (χ4v) is 3.67. The van der Waals surface area contributed by atoms with Crippen LogP contribution < -0.4 is 10.6 Å². The Kier molecular flexibility index (Phi) is 7.10. The van der Waals surface area contributed by atoms with E-state index in [9.17, 15) is 0 Å². The van der Waals surface area contributed by atoms with Crippen molar-refractivity contribution < 1.29 is 0 Å². The first kappa shape index (κ1) is 19.7. The molecule has 0 saturated heterocycles. The average molecular weight is 389 g/mol. The van der Waals surface area contributed by atoms with Crippen molar-refractivity contribution in [2.45, 2.75) is 64.6 Å². The van der Waals surface area contributed by atoms with Crippen molar-refractivity contribution in [1.82, 2.24) is 25.4 Å². The monoisotopic (exact) mass is 388 g/mol. The van der Waals surface area contributed by atoms with Gasteiger partial charge in [0, 0.05) is 24.0 Å². The molecule has 0 spiro atoms. The molecule has 1 aromatic heterocycles. The predicted octanol–water partition coefficient (Wildman–Crippen LogP) is 3.73. The molecule has 1 fully saturated rings. The minimum Gasteiger partial charge on any atom is -0.354 e. The standard InChI is InChI=1S/C20H29ClN6/c1-3-19-26-23-14-27(19)12-11-22-20(25-18-9-4-5-10-18)24-15(2)16-7-6-8-17(21)13-16/h6-8,13-15,18H,3-5,9-12H2,1-2H3,(H2,22,24,25). The normalized spacial score (nSPS) is 16.5. The van der Waals surface area contributed by atoms with Crippen LogP contribution in [0.5, 0.6) is 0 Å². The second-order valence-electron chi connectivity index (χ2n) is 7.07. The average Bonchev–Trinajstić information content (AvgIpc) is 3.33. The Morgan fingerprint density at radius 2 is 2.19 bits per heavy atom. The van der Waals surface area contributed by atoms with Crippen LogP contribution >= 0.6 is 11.6 Å². The molecule has 0 aliphatic heterocycles. The number of benzene rings is 1. The molecule has 1 saturated carbocycles. The van der Waals surface area contributed by atoms with E-state index in [2.05, 4.69) is 45.3 Å². The molecule has 27 heavy (non-hydrogen) atoms. The fraction of sp³-hybridized carbons (Fsp3) is 0.550. The molecule has 7 heteroatoms. The van der Waals surface area contributed by atoms with Crippen molar-refractivity contribution in [2.24, 2.45) is 4.99 Å². The Labute approximate surface area is 166 Å². The zero-order valence-corrected chi connectivity index (χ0v) is 16.9. The summed E-state index contributed by atoms with van der Waals surface area (Å²) < 4.78 is 2.07. The summed E-state index contributed by atoms with van der Waals surface area (Å²) in [5, 5.41) is 16.0. The van der Waals surface area contributed by atoms with Crippen molar-refractivity contribution in [3.63, 3.8) is 0 Å². The molecule has 1 atom stereocenters. The first-order valence-corrected chi connectivity index (χ1v) is 10.2. The third-order valence-corrected chi connectivity index (χ3v) is 5.26. The van der Waals surface area contributed by atoms with Crippen LogP contribution in [0.15, 0.2) is 35.6 Å². The SMILES string of the molecule is CCc1nncn1CCN=C(NC1CCCC1)NC(C)c1cccc(Cl)c1. The van der Waals surface area contributed by atoms with Crippen molar-refractivity contribution in [1.29, 1.82) is 0 Å². The molecule has 1 aromatic carbocycles. The maximum atomic E-state index is 6.14. The van der Waals surface area contributed by atoms with E-state index >= 15 is 0 Å². The number of hydrogen-bond acceptors (Lipinski definition) is 3. The lowest BCUT2D eigenvalue weighted by atomic mass is 10.1. The van der Waals surface area contributed by atoms with Gasteiger partial charge in [-0.05, 0) is 37.5 Å². The molecule has 0 amide bonds. The Bertz CT molecular complexity index is 750. The van der Waals surface area contributed by atoms with Crippen molar-refractivity contribution in [3.8, 4) is 0 Å². The Morgan fingerprint density at radius 1 is 1.37 bits per heavy atom. The summed E-state index contributed by atoms with van der Waals surface area (Å²) in [7, 11) is 0. The molecule has 1 aliphatic carbocycles. The predicted molar refractivity (Wildman–Crippen MR) is 110 cm³/mol. The van der Waals surface area contributed by atoms with E-state index in [1.165, 1.54) is 25.7 Å². The summed E-state index contributed by atoms with van der Waals surface area (Å²) >= 11 is 6.14. The van der Waals surface area contributed by atoms with Gasteiger partial charge in [0.2, 0.25) is 0 Å². The molecule has 1 unspecified atom stereocenters. The smallest absolute Gasteiger partial charge is 0.192 e. The maximum absolute atomic E-state index is 6.14. The number of aryl methyl sites for hydroxylation is 1. The first-order chi connectivity index (χ1) is 13.2. The molecule has 0 radical (unpaired) electrons. The highest BCUT2D eigenvalue weighted by molar-refractivity contribution is 6.30. The second kappa shape index (κ2) is 9.74. The highest BCUT2D eigenvalue weighted by atomic mass is 35.5. The van der Waals surface area contributed by atoms with Crippen LogP contribution in [-0.2, 0) is 13.0 Å². The number of aliphatic imine (C=N–C) groups is 1. The van der Waals surface area contributed by atoms with Gasteiger partial charge in [-0.15, -0.1) is 10.2 Å². The summed E-state index contributed by atoms with van der Waals surface area (Å²) in [5.74, 6) is 1.86. The summed E-state index contributed by atoms with van der Waals surface area (Å²) in [5.41, 5.74) is 1.15. The van der Waals surface area contributed by atoms with Gasteiger partial charge < -0.3 is 15.2 Å². The number of nitrogens with zero attached hydrogens (tertiary/aromatic N) is 4. The van der Waals surface area contributed by atoms with Crippen molar-refractivity contribution in [2.75, 3.05) is 6.54 Å². The van der Waals surface area contributed by atoms with Gasteiger partial charge >= 0.3 is 0 Å². The van der Waals surface area contributed by atoms with Gasteiger partial charge in [-0.2, -0.15) is 0 Å². The summed E-state index contributed by atoms with van der Waals surface area (Å²) in [6.45, 7) is 5.67. The minimum atomic E-state index is 0.123. The van der Waals surface area contributed by atoms with Crippen LogP contribution in [0.25, 0.3) is 0 Å². The molecule has 1 heterocycles. The Balaban J connectivity index is 1.65. The molecule has 0 bridgehead atoms. The summed E-state index contributed by atoms with van der Waals surface area (Å²) in [4.78, 5) is 4.81.